The van der Waals surface area contributed by atoms with E-state index in [4.69, 9.17) is 0 Å². The van der Waals surface area contributed by atoms with Crippen LogP contribution in [0, 0.1) is 11.8 Å². The molecule has 0 rings (SSSR count). The molecular weight excluding hydrogens is 260 g/mol. The molecule has 0 aliphatic rings. The van der Waals surface area contributed by atoms with E-state index in [1.807, 2.05) is 6.08 Å². The second-order valence-electron chi connectivity index (χ2n) is 4.38. The Morgan fingerprint density at radius 2 is 1.93 bits per heavy atom. The van der Waals surface area contributed by atoms with Crippen LogP contribution in [-0.2, 0) is 0 Å². The molecular formula is C13H23BrMg. The number of hydrogen-bond acceptors (Lipinski definition) is 0. The smallest absolute Gasteiger partial charge is 1.00 e. The first-order valence-electron chi connectivity index (χ1n) is 5.67. The van der Waals surface area contributed by atoms with Crippen LogP contribution in [0.3, 0.4) is 0 Å². The van der Waals surface area contributed by atoms with Crippen molar-refractivity contribution in [3.05, 3.63) is 24.8 Å². The molecule has 0 bridgehead atoms. The van der Waals surface area contributed by atoms with Gasteiger partial charge in [-0.05, 0) is 0 Å². The predicted molar refractivity (Wildman–Crippen MR) is 66.7 cm³/mol. The molecule has 84 valence electrons. The summed E-state index contributed by atoms with van der Waals surface area (Å²) in [7, 11) is 0. The van der Waals surface area contributed by atoms with Crippen LogP contribution in [0.25, 0.3) is 0 Å². The minimum Gasteiger partial charge on any atom is -1.00 e. The number of halogens is 1. The molecule has 0 aromatic carbocycles. The summed E-state index contributed by atoms with van der Waals surface area (Å²) in [4.78, 5) is 0. The first-order valence-corrected chi connectivity index (χ1v) is 6.67. The van der Waals surface area contributed by atoms with Crippen molar-refractivity contribution in [3.63, 3.8) is 0 Å². The van der Waals surface area contributed by atoms with Crippen molar-refractivity contribution in [2.45, 2.75) is 44.1 Å². The SMILES string of the molecule is C=CCCC(CCC(C)[CH2][Mg+])C(=C)C.[Br-]. The first-order chi connectivity index (χ1) is 6.61. The predicted octanol–water partition coefficient (Wildman–Crippen LogP) is 1.15. The fraction of sp³-hybridized carbons (Fsp3) is 0.692. The molecule has 0 aliphatic carbocycles. The molecule has 0 N–H and O–H groups in total. The van der Waals surface area contributed by atoms with E-state index in [1.54, 1.807) is 0 Å². The van der Waals surface area contributed by atoms with Crippen LogP contribution in [0.2, 0.25) is 4.55 Å². The summed E-state index contributed by atoms with van der Waals surface area (Å²) >= 11 is 2.08. The largest absolute Gasteiger partial charge is 1.00 e. The normalized spacial score (nSPS) is 13.9. The molecule has 2 unspecified atom stereocenters. The van der Waals surface area contributed by atoms with Gasteiger partial charge in [-0.15, -0.1) is 0 Å². The van der Waals surface area contributed by atoms with Gasteiger partial charge in [0.1, 0.15) is 0 Å². The van der Waals surface area contributed by atoms with Gasteiger partial charge in [0.05, 0.1) is 0 Å². The van der Waals surface area contributed by atoms with Crippen LogP contribution in [0.4, 0.5) is 0 Å². The quantitative estimate of drug-likeness (QED) is 0.463. The van der Waals surface area contributed by atoms with Crippen molar-refractivity contribution in [3.8, 4) is 0 Å². The standard InChI is InChI=1S/C13H23.BrH.Mg/c1-6-7-8-13(12(4)5)10-9-11(2)3;;/h6,11,13H,1-2,4,7-10H2,3,5H3;1H;/q;;+1/p-1. The maximum absolute atomic E-state index is 4.08. The Hall–Kier alpha value is 0.726. The zero-order chi connectivity index (χ0) is 11.0. The maximum atomic E-state index is 4.08. The molecule has 0 amide bonds. The van der Waals surface area contributed by atoms with Gasteiger partial charge in [-0.3, -0.25) is 0 Å². The first kappa shape index (κ1) is 18.1. The molecule has 0 radical (unpaired) electrons. The second-order valence-corrected chi connectivity index (χ2v) is 4.96. The third-order valence-electron chi connectivity index (χ3n) is 2.92. The molecule has 0 spiro atoms. The molecule has 0 heterocycles. The molecule has 0 nitrogen and oxygen atoms in total. The van der Waals surface area contributed by atoms with Crippen LogP contribution in [-0.4, -0.2) is 21.7 Å². The summed E-state index contributed by atoms with van der Waals surface area (Å²) < 4.78 is 1.32. The van der Waals surface area contributed by atoms with Gasteiger partial charge >= 0.3 is 102 Å². The van der Waals surface area contributed by atoms with Gasteiger partial charge in [0, 0.05) is 0 Å². The number of rotatable bonds is 8. The topological polar surface area (TPSA) is 0 Å². The summed E-state index contributed by atoms with van der Waals surface area (Å²) in [5.74, 6) is 1.59. The molecule has 15 heavy (non-hydrogen) atoms. The Balaban J connectivity index is 0. The van der Waals surface area contributed by atoms with Gasteiger partial charge in [0.2, 0.25) is 0 Å². The van der Waals surface area contributed by atoms with Gasteiger partial charge in [-0.1, -0.05) is 0 Å². The van der Waals surface area contributed by atoms with Crippen molar-refractivity contribution < 1.29 is 17.0 Å². The molecule has 0 aliphatic heterocycles. The summed E-state index contributed by atoms with van der Waals surface area (Å²) in [5, 5.41) is 0. The minimum atomic E-state index is 0. The maximum Gasteiger partial charge on any atom is -1.00 e. The Bertz CT molecular complexity index is 177. The molecule has 0 fully saturated rings. The average molecular weight is 284 g/mol. The molecule has 2 heteroatoms. The van der Waals surface area contributed by atoms with E-state index in [-0.39, 0.29) is 17.0 Å². The van der Waals surface area contributed by atoms with Crippen molar-refractivity contribution in [1.29, 1.82) is 0 Å². The van der Waals surface area contributed by atoms with E-state index in [9.17, 15) is 0 Å². The van der Waals surface area contributed by atoms with Gasteiger partial charge in [0.25, 0.3) is 0 Å². The van der Waals surface area contributed by atoms with Crippen LogP contribution in [0.15, 0.2) is 24.8 Å². The Kier molecular flexibility index (Phi) is 13.5. The van der Waals surface area contributed by atoms with Crippen molar-refractivity contribution in [1.82, 2.24) is 0 Å². The third-order valence-corrected chi connectivity index (χ3v) is 3.90. The molecule has 0 saturated carbocycles. The summed E-state index contributed by atoms with van der Waals surface area (Å²) in [5.41, 5.74) is 1.35. The van der Waals surface area contributed by atoms with E-state index in [0.29, 0.717) is 5.92 Å². The van der Waals surface area contributed by atoms with Gasteiger partial charge in [0.15, 0.2) is 0 Å². The van der Waals surface area contributed by atoms with E-state index in [0.717, 1.165) is 12.3 Å². The Morgan fingerprint density at radius 1 is 1.33 bits per heavy atom. The molecule has 0 aromatic heterocycles. The van der Waals surface area contributed by atoms with Crippen molar-refractivity contribution >= 4 is 21.7 Å². The van der Waals surface area contributed by atoms with E-state index >= 15 is 0 Å². The molecule has 2 atom stereocenters. The van der Waals surface area contributed by atoms with E-state index in [2.05, 4.69) is 48.7 Å². The fourth-order valence-corrected chi connectivity index (χ4v) is 1.87. The fourth-order valence-electron chi connectivity index (χ4n) is 1.59. The number of allylic oxidation sites excluding steroid dienone is 2. The Morgan fingerprint density at radius 3 is 2.33 bits per heavy atom. The van der Waals surface area contributed by atoms with Crippen molar-refractivity contribution in [2.75, 3.05) is 0 Å². The van der Waals surface area contributed by atoms with Crippen LogP contribution < -0.4 is 17.0 Å². The van der Waals surface area contributed by atoms with E-state index < -0.39 is 0 Å². The van der Waals surface area contributed by atoms with Gasteiger partial charge < -0.3 is 17.0 Å². The molecule has 0 saturated heterocycles. The summed E-state index contributed by atoms with van der Waals surface area (Å²) in [6.07, 6.45) is 7.03. The summed E-state index contributed by atoms with van der Waals surface area (Å²) in [6, 6.07) is 0. The van der Waals surface area contributed by atoms with Crippen LogP contribution in [0.1, 0.15) is 39.5 Å². The zero-order valence-electron chi connectivity index (χ0n) is 10.3. The monoisotopic (exact) mass is 282 g/mol. The van der Waals surface area contributed by atoms with E-state index in [1.165, 1.54) is 29.4 Å². The van der Waals surface area contributed by atoms with Gasteiger partial charge in [-0.25, -0.2) is 0 Å². The summed E-state index contributed by atoms with van der Waals surface area (Å²) in [6.45, 7) is 12.4. The number of hydrogen-bond donors (Lipinski definition) is 0. The minimum absolute atomic E-state index is 0. The second kappa shape index (κ2) is 11.2. The van der Waals surface area contributed by atoms with Crippen LogP contribution >= 0.6 is 0 Å². The van der Waals surface area contributed by atoms with Crippen molar-refractivity contribution in [2.24, 2.45) is 11.8 Å². The Labute approximate surface area is 119 Å². The van der Waals surface area contributed by atoms with Crippen LogP contribution in [0.5, 0.6) is 0 Å². The zero-order valence-corrected chi connectivity index (χ0v) is 13.3. The average Bonchev–Trinajstić information content (AvgIpc) is 2.16. The third kappa shape index (κ3) is 9.64. The molecule has 0 aromatic rings. The van der Waals surface area contributed by atoms with Gasteiger partial charge in [-0.2, -0.15) is 0 Å².